The normalized spacial score (nSPS) is 12.8. The number of rotatable bonds is 6. The van der Waals surface area contributed by atoms with Crippen LogP contribution in [0.5, 0.6) is 0 Å². The summed E-state index contributed by atoms with van der Waals surface area (Å²) < 4.78 is 5.54. The Balaban J connectivity index is 2.36. The molecule has 0 bridgehead atoms. The number of nitrogens with zero attached hydrogens (tertiary/aromatic N) is 2. The molecule has 0 amide bonds. The molecular formula is C14H19N3O. The van der Waals surface area contributed by atoms with Crippen LogP contribution in [0.2, 0.25) is 0 Å². The SMILES string of the molecule is CCNC(COCC)c1cccc2nccnc12. The van der Waals surface area contributed by atoms with Crippen molar-refractivity contribution in [1.29, 1.82) is 0 Å². The maximum Gasteiger partial charge on any atom is 0.0935 e. The van der Waals surface area contributed by atoms with Crippen LogP contribution in [0, 0.1) is 0 Å². The number of fused-ring (bicyclic) bond motifs is 1. The van der Waals surface area contributed by atoms with Gasteiger partial charge >= 0.3 is 0 Å². The quantitative estimate of drug-likeness (QED) is 0.848. The number of benzene rings is 1. The van der Waals surface area contributed by atoms with E-state index >= 15 is 0 Å². The van der Waals surface area contributed by atoms with E-state index < -0.39 is 0 Å². The van der Waals surface area contributed by atoms with Crippen LogP contribution < -0.4 is 5.32 Å². The smallest absolute Gasteiger partial charge is 0.0935 e. The molecule has 1 unspecified atom stereocenters. The Bertz CT molecular complexity index is 496. The molecule has 0 saturated heterocycles. The largest absolute Gasteiger partial charge is 0.380 e. The standard InChI is InChI=1S/C14H19N3O/c1-3-15-13(10-18-4-2)11-6-5-7-12-14(11)17-9-8-16-12/h5-9,13,15H,3-4,10H2,1-2H3. The van der Waals surface area contributed by atoms with Crippen molar-refractivity contribution >= 4 is 11.0 Å². The van der Waals surface area contributed by atoms with Crippen LogP contribution in [0.25, 0.3) is 11.0 Å². The molecule has 0 aliphatic heterocycles. The second-order valence-electron chi connectivity index (χ2n) is 4.04. The molecule has 18 heavy (non-hydrogen) atoms. The lowest BCUT2D eigenvalue weighted by Crippen LogP contribution is -2.25. The third kappa shape index (κ3) is 2.83. The van der Waals surface area contributed by atoms with E-state index in [0.717, 1.165) is 29.7 Å². The molecular weight excluding hydrogens is 226 g/mol. The summed E-state index contributed by atoms with van der Waals surface area (Å²) in [5.74, 6) is 0. The predicted octanol–water partition coefficient (Wildman–Crippen LogP) is 2.32. The average molecular weight is 245 g/mol. The molecule has 0 saturated carbocycles. The van der Waals surface area contributed by atoms with Crippen molar-refractivity contribution in [3.63, 3.8) is 0 Å². The van der Waals surface area contributed by atoms with E-state index in [-0.39, 0.29) is 6.04 Å². The van der Waals surface area contributed by atoms with Crippen LogP contribution in [0.3, 0.4) is 0 Å². The molecule has 0 spiro atoms. The second-order valence-corrected chi connectivity index (χ2v) is 4.04. The highest BCUT2D eigenvalue weighted by Gasteiger charge is 2.14. The number of para-hydroxylation sites is 1. The highest BCUT2D eigenvalue weighted by Crippen LogP contribution is 2.21. The van der Waals surface area contributed by atoms with Crippen molar-refractivity contribution in [3.05, 3.63) is 36.2 Å². The van der Waals surface area contributed by atoms with Gasteiger partial charge in [0.25, 0.3) is 0 Å². The Morgan fingerprint density at radius 2 is 2.06 bits per heavy atom. The summed E-state index contributed by atoms with van der Waals surface area (Å²) in [6.07, 6.45) is 3.45. The molecule has 2 aromatic rings. The first-order valence-corrected chi connectivity index (χ1v) is 6.37. The monoisotopic (exact) mass is 245 g/mol. The van der Waals surface area contributed by atoms with Crippen molar-refractivity contribution in [3.8, 4) is 0 Å². The van der Waals surface area contributed by atoms with Crippen LogP contribution >= 0.6 is 0 Å². The molecule has 96 valence electrons. The molecule has 2 rings (SSSR count). The van der Waals surface area contributed by atoms with Gasteiger partial charge in [0.05, 0.1) is 23.7 Å². The molecule has 4 nitrogen and oxygen atoms in total. The summed E-state index contributed by atoms with van der Waals surface area (Å²) >= 11 is 0. The zero-order valence-corrected chi connectivity index (χ0v) is 10.9. The minimum Gasteiger partial charge on any atom is -0.380 e. The molecule has 4 heteroatoms. The maximum absolute atomic E-state index is 5.54. The molecule has 0 radical (unpaired) electrons. The number of ether oxygens (including phenoxy) is 1. The first kappa shape index (κ1) is 12.9. The van der Waals surface area contributed by atoms with E-state index in [2.05, 4.69) is 28.3 Å². The van der Waals surface area contributed by atoms with Crippen molar-refractivity contribution in [1.82, 2.24) is 15.3 Å². The Morgan fingerprint density at radius 1 is 1.22 bits per heavy atom. The molecule has 1 atom stereocenters. The van der Waals surface area contributed by atoms with Gasteiger partial charge in [0, 0.05) is 19.0 Å². The Labute approximate surface area is 107 Å². The molecule has 0 aliphatic rings. The van der Waals surface area contributed by atoms with Crippen LogP contribution in [-0.4, -0.2) is 29.7 Å². The van der Waals surface area contributed by atoms with Gasteiger partial charge in [0.2, 0.25) is 0 Å². The van der Waals surface area contributed by atoms with Gasteiger partial charge in [-0.15, -0.1) is 0 Å². The number of hydrogen-bond donors (Lipinski definition) is 1. The highest BCUT2D eigenvalue weighted by molar-refractivity contribution is 5.78. The molecule has 1 aromatic carbocycles. The van der Waals surface area contributed by atoms with Crippen molar-refractivity contribution in [2.24, 2.45) is 0 Å². The van der Waals surface area contributed by atoms with Crippen molar-refractivity contribution in [2.75, 3.05) is 19.8 Å². The maximum atomic E-state index is 5.54. The fraction of sp³-hybridized carbons (Fsp3) is 0.429. The topological polar surface area (TPSA) is 47.0 Å². The average Bonchev–Trinajstić information content (AvgIpc) is 2.43. The van der Waals surface area contributed by atoms with E-state index in [0.29, 0.717) is 6.61 Å². The van der Waals surface area contributed by atoms with E-state index in [1.165, 1.54) is 0 Å². The van der Waals surface area contributed by atoms with Gasteiger partial charge in [0.15, 0.2) is 0 Å². The summed E-state index contributed by atoms with van der Waals surface area (Å²) in [5, 5.41) is 3.43. The Morgan fingerprint density at radius 3 is 2.83 bits per heavy atom. The number of likely N-dealkylation sites (N-methyl/N-ethyl adjacent to an activating group) is 1. The number of hydrogen-bond acceptors (Lipinski definition) is 4. The molecule has 0 aliphatic carbocycles. The Hall–Kier alpha value is -1.52. The van der Waals surface area contributed by atoms with Crippen LogP contribution in [0.15, 0.2) is 30.6 Å². The summed E-state index contributed by atoms with van der Waals surface area (Å²) in [5.41, 5.74) is 3.02. The van der Waals surface area contributed by atoms with Gasteiger partial charge in [-0.2, -0.15) is 0 Å². The van der Waals surface area contributed by atoms with Crippen molar-refractivity contribution < 1.29 is 4.74 Å². The first-order chi connectivity index (χ1) is 8.86. The Kier molecular flexibility index (Phi) is 4.61. The molecule has 1 heterocycles. The minimum atomic E-state index is 0.162. The third-order valence-corrected chi connectivity index (χ3v) is 2.84. The second kappa shape index (κ2) is 6.42. The predicted molar refractivity (Wildman–Crippen MR) is 72.4 cm³/mol. The number of nitrogens with one attached hydrogen (secondary N) is 1. The zero-order valence-electron chi connectivity index (χ0n) is 10.9. The lowest BCUT2D eigenvalue weighted by molar-refractivity contribution is 0.124. The number of aromatic nitrogens is 2. The first-order valence-electron chi connectivity index (χ1n) is 6.37. The minimum absolute atomic E-state index is 0.162. The van der Waals surface area contributed by atoms with Crippen LogP contribution in [-0.2, 0) is 4.74 Å². The van der Waals surface area contributed by atoms with Crippen LogP contribution in [0.1, 0.15) is 25.5 Å². The van der Waals surface area contributed by atoms with Gasteiger partial charge in [-0.3, -0.25) is 9.97 Å². The van der Waals surface area contributed by atoms with Gasteiger partial charge in [-0.1, -0.05) is 19.1 Å². The highest BCUT2D eigenvalue weighted by atomic mass is 16.5. The molecule has 1 aromatic heterocycles. The van der Waals surface area contributed by atoms with Gasteiger partial charge < -0.3 is 10.1 Å². The van der Waals surface area contributed by atoms with E-state index in [1.807, 2.05) is 19.1 Å². The zero-order chi connectivity index (χ0) is 12.8. The summed E-state index contributed by atoms with van der Waals surface area (Å²) in [7, 11) is 0. The fourth-order valence-corrected chi connectivity index (χ4v) is 2.04. The van der Waals surface area contributed by atoms with Gasteiger partial charge in [-0.05, 0) is 25.1 Å². The van der Waals surface area contributed by atoms with Crippen molar-refractivity contribution in [2.45, 2.75) is 19.9 Å². The lowest BCUT2D eigenvalue weighted by Gasteiger charge is -2.19. The fourth-order valence-electron chi connectivity index (χ4n) is 2.04. The van der Waals surface area contributed by atoms with E-state index in [1.54, 1.807) is 12.4 Å². The van der Waals surface area contributed by atoms with E-state index in [9.17, 15) is 0 Å². The third-order valence-electron chi connectivity index (χ3n) is 2.84. The summed E-state index contributed by atoms with van der Waals surface area (Å²) in [4.78, 5) is 8.77. The molecule has 0 fully saturated rings. The summed E-state index contributed by atoms with van der Waals surface area (Å²) in [6, 6.07) is 6.25. The lowest BCUT2D eigenvalue weighted by atomic mass is 10.1. The summed E-state index contributed by atoms with van der Waals surface area (Å²) in [6.45, 7) is 6.37. The van der Waals surface area contributed by atoms with Gasteiger partial charge in [0.1, 0.15) is 0 Å². The molecule has 1 N–H and O–H groups in total. The van der Waals surface area contributed by atoms with Gasteiger partial charge in [-0.25, -0.2) is 0 Å². The van der Waals surface area contributed by atoms with Crippen LogP contribution in [0.4, 0.5) is 0 Å². The van der Waals surface area contributed by atoms with E-state index in [4.69, 9.17) is 4.74 Å².